The second-order valence-electron chi connectivity index (χ2n) is 3.05. The Kier molecular flexibility index (Phi) is 6.63. The van der Waals surface area contributed by atoms with Gasteiger partial charge in [0.1, 0.15) is 0 Å². The molecule has 8 heteroatoms. The Balaban J connectivity index is 3.68. The molecule has 6 nitrogen and oxygen atoms in total. The van der Waals surface area contributed by atoms with Crippen molar-refractivity contribution in [1.82, 2.24) is 0 Å². The van der Waals surface area contributed by atoms with Gasteiger partial charge in [0, 0.05) is 14.2 Å². The zero-order chi connectivity index (χ0) is 11.9. The molecule has 0 heterocycles. The topological polar surface area (TPSA) is 89.9 Å². The highest BCUT2D eigenvalue weighted by Gasteiger charge is 2.19. The van der Waals surface area contributed by atoms with E-state index in [1.54, 1.807) is 0 Å². The highest BCUT2D eigenvalue weighted by molar-refractivity contribution is 7.85. The summed E-state index contributed by atoms with van der Waals surface area (Å²) in [7, 11) is -4.24. The third kappa shape index (κ3) is 7.93. The molecule has 0 spiro atoms. The summed E-state index contributed by atoms with van der Waals surface area (Å²) in [6.45, 7) is 0. The van der Waals surface area contributed by atoms with Crippen LogP contribution in [0.3, 0.4) is 0 Å². The Bertz CT molecular complexity index is 303. The zero-order valence-electron chi connectivity index (χ0n) is 8.88. The van der Waals surface area contributed by atoms with E-state index in [4.69, 9.17) is 13.6 Å². The lowest BCUT2D eigenvalue weighted by Crippen LogP contribution is -2.04. The molecule has 0 radical (unpaired) electrons. The summed E-state index contributed by atoms with van der Waals surface area (Å²) in [5, 5.41) is 0. The maximum atomic E-state index is 11.5. The van der Waals surface area contributed by atoms with Crippen molar-refractivity contribution in [2.75, 3.05) is 26.1 Å². The van der Waals surface area contributed by atoms with Crippen molar-refractivity contribution in [2.45, 2.75) is 19.3 Å². The van der Waals surface area contributed by atoms with Crippen molar-refractivity contribution < 1.29 is 26.6 Å². The number of unbranched alkanes of at least 4 members (excludes halogenated alkanes) is 2. The first kappa shape index (κ1) is 15.1. The predicted molar refractivity (Wildman–Crippen MR) is 56.8 cm³/mol. The fourth-order valence-electron chi connectivity index (χ4n) is 1.02. The largest absolute Gasteiger partial charge is 0.330 e. The molecule has 0 aliphatic rings. The van der Waals surface area contributed by atoms with Crippen LogP contribution in [-0.4, -0.2) is 39.1 Å². The van der Waals surface area contributed by atoms with Crippen LogP contribution in [0.5, 0.6) is 0 Å². The number of rotatable bonds is 8. The van der Waals surface area contributed by atoms with Gasteiger partial charge in [-0.1, -0.05) is 6.42 Å². The quantitative estimate of drug-likeness (QED) is 0.404. The Morgan fingerprint density at radius 3 is 2.07 bits per heavy atom. The highest BCUT2D eigenvalue weighted by Crippen LogP contribution is 2.46. The van der Waals surface area contributed by atoms with Crippen LogP contribution >= 0.6 is 7.60 Å². The van der Waals surface area contributed by atoms with Crippen molar-refractivity contribution >= 4 is 17.7 Å². The second kappa shape index (κ2) is 6.60. The third-order valence-electron chi connectivity index (χ3n) is 1.89. The first-order valence-corrected chi connectivity index (χ1v) is 7.82. The van der Waals surface area contributed by atoms with E-state index in [2.05, 4.69) is 0 Å². The summed E-state index contributed by atoms with van der Waals surface area (Å²) in [5.41, 5.74) is 0. The smallest absolute Gasteiger partial charge is 0.312 e. The molecular weight excluding hydrogens is 243 g/mol. The van der Waals surface area contributed by atoms with E-state index in [0.29, 0.717) is 19.3 Å². The first-order chi connectivity index (χ1) is 6.83. The average molecular weight is 260 g/mol. The Morgan fingerprint density at radius 1 is 1.13 bits per heavy atom. The molecule has 0 aromatic carbocycles. The monoisotopic (exact) mass is 260 g/mol. The Labute approximate surface area is 90.2 Å². The summed E-state index contributed by atoms with van der Waals surface area (Å²) < 4.78 is 50.0. The van der Waals surface area contributed by atoms with Crippen LogP contribution in [0.25, 0.3) is 0 Å². The molecule has 0 aromatic rings. The summed E-state index contributed by atoms with van der Waals surface area (Å²) in [4.78, 5) is 0. The summed E-state index contributed by atoms with van der Waals surface area (Å²) in [6.07, 6.45) is 1.68. The van der Waals surface area contributed by atoms with Gasteiger partial charge in [0.15, 0.2) is 0 Å². The molecule has 0 saturated carbocycles. The molecule has 0 aromatic heterocycles. The van der Waals surface area contributed by atoms with Gasteiger partial charge in [-0.05, 0) is 12.8 Å². The zero-order valence-corrected chi connectivity index (χ0v) is 10.6. The maximum absolute atomic E-state index is 11.5. The van der Waals surface area contributed by atoms with E-state index in [1.807, 2.05) is 0 Å². The van der Waals surface area contributed by atoms with Crippen molar-refractivity contribution in [2.24, 2.45) is 0 Å². The number of hydrogen-bond donors (Lipinski definition) is 1. The molecule has 0 fully saturated rings. The highest BCUT2D eigenvalue weighted by atomic mass is 32.2. The molecule has 0 aliphatic heterocycles. The molecule has 15 heavy (non-hydrogen) atoms. The van der Waals surface area contributed by atoms with Crippen molar-refractivity contribution in [3.63, 3.8) is 0 Å². The minimum Gasteiger partial charge on any atom is -0.312 e. The molecule has 0 rings (SSSR count). The van der Waals surface area contributed by atoms with Gasteiger partial charge in [-0.15, -0.1) is 0 Å². The van der Waals surface area contributed by atoms with Gasteiger partial charge >= 0.3 is 7.60 Å². The Hall–Kier alpha value is 0.0600. The van der Waals surface area contributed by atoms with Gasteiger partial charge in [-0.25, -0.2) is 0 Å². The van der Waals surface area contributed by atoms with Gasteiger partial charge < -0.3 is 9.05 Å². The van der Waals surface area contributed by atoms with E-state index < -0.39 is 17.7 Å². The average Bonchev–Trinajstić information content (AvgIpc) is 2.15. The third-order valence-corrected chi connectivity index (χ3v) is 4.67. The summed E-state index contributed by atoms with van der Waals surface area (Å²) >= 11 is 0. The molecule has 1 N–H and O–H groups in total. The van der Waals surface area contributed by atoms with Crippen molar-refractivity contribution in [1.29, 1.82) is 0 Å². The maximum Gasteiger partial charge on any atom is 0.330 e. The summed E-state index contributed by atoms with van der Waals surface area (Å²) in [6, 6.07) is 0. The van der Waals surface area contributed by atoms with Gasteiger partial charge in [0.05, 0.1) is 11.9 Å². The van der Waals surface area contributed by atoms with Crippen LogP contribution in [0.1, 0.15) is 19.3 Å². The molecular formula is C7H17O6PS. The van der Waals surface area contributed by atoms with Crippen LogP contribution in [0.4, 0.5) is 0 Å². The van der Waals surface area contributed by atoms with Crippen LogP contribution in [-0.2, 0) is 23.7 Å². The van der Waals surface area contributed by atoms with Crippen LogP contribution in [0.2, 0.25) is 0 Å². The van der Waals surface area contributed by atoms with Gasteiger partial charge in [-0.2, -0.15) is 8.42 Å². The van der Waals surface area contributed by atoms with Crippen LogP contribution in [0.15, 0.2) is 0 Å². The summed E-state index contributed by atoms with van der Waals surface area (Å²) in [5.74, 6) is -0.267. The standard InChI is InChI=1S/C7H17O6PS/c1-12-14(8,13-2)6-4-3-5-7-15(9,10)11/h3-7H2,1-2H3,(H,9,10,11). The van der Waals surface area contributed by atoms with Crippen molar-refractivity contribution in [3.05, 3.63) is 0 Å². The van der Waals surface area contributed by atoms with E-state index in [0.717, 1.165) is 0 Å². The van der Waals surface area contributed by atoms with E-state index >= 15 is 0 Å². The minimum absolute atomic E-state index is 0.255. The van der Waals surface area contributed by atoms with E-state index in [1.165, 1.54) is 14.2 Å². The number of hydrogen-bond acceptors (Lipinski definition) is 5. The lowest BCUT2D eigenvalue weighted by molar-refractivity contribution is 0.275. The van der Waals surface area contributed by atoms with Gasteiger partial charge in [0.25, 0.3) is 10.1 Å². The Morgan fingerprint density at radius 2 is 1.67 bits per heavy atom. The molecule has 92 valence electrons. The van der Waals surface area contributed by atoms with E-state index in [-0.39, 0.29) is 11.9 Å². The molecule has 0 aliphatic carbocycles. The van der Waals surface area contributed by atoms with Gasteiger partial charge in [-0.3, -0.25) is 9.12 Å². The SMILES string of the molecule is COP(=O)(CCCCCS(=O)(=O)O)OC. The molecule has 0 bridgehead atoms. The fraction of sp³-hybridized carbons (Fsp3) is 1.00. The fourth-order valence-corrected chi connectivity index (χ4v) is 2.72. The normalized spacial score (nSPS) is 13.0. The van der Waals surface area contributed by atoms with Crippen molar-refractivity contribution in [3.8, 4) is 0 Å². The van der Waals surface area contributed by atoms with Gasteiger partial charge in [0.2, 0.25) is 0 Å². The van der Waals surface area contributed by atoms with Crippen LogP contribution < -0.4 is 0 Å². The second-order valence-corrected chi connectivity index (χ2v) is 7.02. The lowest BCUT2D eigenvalue weighted by atomic mass is 10.3. The molecule has 0 amide bonds. The molecule has 0 atom stereocenters. The minimum atomic E-state index is -3.88. The first-order valence-electron chi connectivity index (χ1n) is 4.49. The van der Waals surface area contributed by atoms with Crippen LogP contribution in [0, 0.1) is 0 Å². The lowest BCUT2D eigenvalue weighted by Gasteiger charge is -2.12. The molecule has 0 saturated heterocycles. The predicted octanol–water partition coefficient (Wildman–Crippen LogP) is 1.53. The molecule has 0 unspecified atom stereocenters. The van der Waals surface area contributed by atoms with E-state index in [9.17, 15) is 13.0 Å².